The Balaban J connectivity index is 1.34. The molecule has 1 amide bonds. The minimum absolute atomic E-state index is 0.0190. The smallest absolute Gasteiger partial charge is 0.253 e. The summed E-state index contributed by atoms with van der Waals surface area (Å²) in [5.41, 5.74) is 7.71. The Bertz CT molecular complexity index is 1180. The molecule has 0 radical (unpaired) electrons. The number of benzene rings is 1. The molecule has 0 aliphatic carbocycles. The number of hydrogen-bond acceptors (Lipinski definition) is 5. The fourth-order valence-corrected chi connectivity index (χ4v) is 5.54. The number of anilines is 1. The van der Waals surface area contributed by atoms with Crippen LogP contribution < -0.4 is 10.2 Å². The molecule has 1 N–H and O–H groups in total. The summed E-state index contributed by atoms with van der Waals surface area (Å²) in [5, 5.41) is 3.12. The Morgan fingerprint density at radius 2 is 1.76 bits per heavy atom. The highest BCUT2D eigenvalue weighted by Gasteiger charge is 2.27. The zero-order chi connectivity index (χ0) is 27.1. The third-order valence-corrected chi connectivity index (χ3v) is 8.15. The molecule has 4 rings (SSSR count). The summed E-state index contributed by atoms with van der Waals surface area (Å²) in [6, 6.07) is 14.0. The number of carbonyl (C=O) groups excluding carboxylic acids is 1. The second-order valence-corrected chi connectivity index (χ2v) is 10.7. The molecule has 6 nitrogen and oxygen atoms in total. The van der Waals surface area contributed by atoms with E-state index in [4.69, 9.17) is 0 Å². The lowest BCUT2D eigenvalue weighted by Gasteiger charge is -2.42. The summed E-state index contributed by atoms with van der Waals surface area (Å²) in [5.74, 6) is -0.0190. The molecule has 202 valence electrons. The van der Waals surface area contributed by atoms with Gasteiger partial charge in [-0.05, 0) is 99.9 Å². The van der Waals surface area contributed by atoms with Gasteiger partial charge in [0.2, 0.25) is 0 Å². The molecule has 2 aromatic heterocycles. The molecular formula is C32H43N5O. The first kappa shape index (κ1) is 27.8. The highest BCUT2D eigenvalue weighted by atomic mass is 16.1. The Morgan fingerprint density at radius 3 is 2.42 bits per heavy atom. The van der Waals surface area contributed by atoms with Crippen molar-refractivity contribution in [3.05, 3.63) is 88.5 Å². The summed E-state index contributed by atoms with van der Waals surface area (Å²) in [4.78, 5) is 26.6. The molecule has 0 bridgehead atoms. The Morgan fingerprint density at radius 1 is 1.05 bits per heavy atom. The van der Waals surface area contributed by atoms with Crippen molar-refractivity contribution in [1.82, 2.24) is 20.2 Å². The molecular weight excluding hydrogens is 470 g/mol. The number of hydrogen-bond donors (Lipinski definition) is 1. The number of aromatic nitrogens is 2. The zero-order valence-corrected chi connectivity index (χ0v) is 23.7. The van der Waals surface area contributed by atoms with Crippen LogP contribution in [0.4, 0.5) is 5.69 Å². The number of nitrogens with zero attached hydrogens (tertiary/aromatic N) is 4. The van der Waals surface area contributed by atoms with E-state index in [2.05, 4.69) is 76.2 Å². The van der Waals surface area contributed by atoms with Gasteiger partial charge in [0.15, 0.2) is 0 Å². The van der Waals surface area contributed by atoms with Gasteiger partial charge < -0.3 is 15.1 Å². The number of nitrogens with one attached hydrogen (secondary N) is 1. The molecule has 1 aliphatic rings. The predicted octanol–water partition coefficient (Wildman–Crippen LogP) is 5.64. The van der Waals surface area contributed by atoms with E-state index in [0.717, 1.165) is 56.6 Å². The molecule has 1 saturated heterocycles. The van der Waals surface area contributed by atoms with Crippen molar-refractivity contribution in [2.24, 2.45) is 0 Å². The first-order chi connectivity index (χ1) is 18.4. The lowest BCUT2D eigenvalue weighted by atomic mass is 9.98. The minimum Gasteiger partial charge on any atom is -0.364 e. The number of rotatable bonds is 10. The third kappa shape index (κ3) is 6.79. The molecule has 0 spiro atoms. The normalized spacial score (nSPS) is 15.3. The van der Waals surface area contributed by atoms with E-state index in [-0.39, 0.29) is 5.91 Å². The van der Waals surface area contributed by atoms with Crippen LogP contribution in [-0.4, -0.2) is 52.5 Å². The van der Waals surface area contributed by atoms with E-state index < -0.39 is 0 Å². The van der Waals surface area contributed by atoms with E-state index in [1.165, 1.54) is 22.4 Å². The van der Waals surface area contributed by atoms with Gasteiger partial charge in [-0.1, -0.05) is 19.1 Å². The van der Waals surface area contributed by atoms with Gasteiger partial charge in [-0.25, -0.2) is 0 Å². The number of likely N-dealkylation sites (tertiary alicyclic amines) is 1. The Kier molecular flexibility index (Phi) is 9.51. The predicted molar refractivity (Wildman–Crippen MR) is 156 cm³/mol. The highest BCUT2D eigenvalue weighted by Crippen LogP contribution is 2.28. The maximum Gasteiger partial charge on any atom is 0.253 e. The van der Waals surface area contributed by atoms with Crippen LogP contribution in [0.3, 0.4) is 0 Å². The number of pyridine rings is 2. The van der Waals surface area contributed by atoms with Crippen molar-refractivity contribution >= 4 is 11.6 Å². The highest BCUT2D eigenvalue weighted by molar-refractivity contribution is 5.96. The van der Waals surface area contributed by atoms with Crippen molar-refractivity contribution in [2.45, 2.75) is 78.9 Å². The summed E-state index contributed by atoms with van der Waals surface area (Å²) < 4.78 is 0. The molecule has 1 aromatic carbocycles. The first-order valence-corrected chi connectivity index (χ1v) is 14.1. The van der Waals surface area contributed by atoms with Gasteiger partial charge in [-0.2, -0.15) is 0 Å². The van der Waals surface area contributed by atoms with Crippen molar-refractivity contribution in [2.75, 3.05) is 24.5 Å². The molecule has 1 unspecified atom stereocenters. The van der Waals surface area contributed by atoms with Crippen LogP contribution >= 0.6 is 0 Å². The van der Waals surface area contributed by atoms with E-state index >= 15 is 0 Å². The molecule has 1 aliphatic heterocycles. The van der Waals surface area contributed by atoms with E-state index in [1.54, 1.807) is 6.20 Å². The van der Waals surface area contributed by atoms with Gasteiger partial charge in [0.25, 0.3) is 5.91 Å². The summed E-state index contributed by atoms with van der Waals surface area (Å²) >= 11 is 0. The number of amides is 1. The number of piperidine rings is 1. The van der Waals surface area contributed by atoms with E-state index in [1.807, 2.05) is 32.3 Å². The van der Waals surface area contributed by atoms with Gasteiger partial charge in [-0.3, -0.25) is 14.8 Å². The summed E-state index contributed by atoms with van der Waals surface area (Å²) in [6.45, 7) is 14.2. The van der Waals surface area contributed by atoms with Gasteiger partial charge in [-0.15, -0.1) is 0 Å². The molecule has 0 saturated carbocycles. The molecule has 38 heavy (non-hydrogen) atoms. The second-order valence-electron chi connectivity index (χ2n) is 10.7. The van der Waals surface area contributed by atoms with Crippen LogP contribution in [0, 0.1) is 20.8 Å². The largest absolute Gasteiger partial charge is 0.364 e. The summed E-state index contributed by atoms with van der Waals surface area (Å²) in [6.07, 6.45) is 9.89. The topological polar surface area (TPSA) is 61.4 Å². The standard InChI is InChI=1S/C32H43N5O/c1-6-27-7-9-29(10-8-27)37(22-28-21-33-16-11-23(28)2)30-14-19-36(20-15-30)25(4)13-18-35-32(38)31-24(3)12-17-34-26(31)5/h7-12,16-17,21,25,30H,6,13-15,18-20,22H2,1-5H3,(H,35,38). The van der Waals surface area contributed by atoms with Crippen molar-refractivity contribution in [1.29, 1.82) is 0 Å². The van der Waals surface area contributed by atoms with E-state index in [0.29, 0.717) is 24.2 Å². The monoisotopic (exact) mass is 513 g/mol. The van der Waals surface area contributed by atoms with Crippen LogP contribution in [0.1, 0.15) is 71.4 Å². The maximum atomic E-state index is 12.7. The average molecular weight is 514 g/mol. The minimum atomic E-state index is -0.0190. The number of aryl methyl sites for hydroxylation is 4. The van der Waals surface area contributed by atoms with Crippen molar-refractivity contribution < 1.29 is 4.79 Å². The van der Waals surface area contributed by atoms with Gasteiger partial charge >= 0.3 is 0 Å². The lowest BCUT2D eigenvalue weighted by molar-refractivity contribution is 0.0943. The Hall–Kier alpha value is -3.25. The fourth-order valence-electron chi connectivity index (χ4n) is 5.54. The lowest BCUT2D eigenvalue weighted by Crippen LogP contribution is -2.48. The average Bonchev–Trinajstić information content (AvgIpc) is 2.93. The fraction of sp³-hybridized carbons (Fsp3) is 0.469. The summed E-state index contributed by atoms with van der Waals surface area (Å²) in [7, 11) is 0. The van der Waals surface area contributed by atoms with Gasteiger partial charge in [0.1, 0.15) is 0 Å². The molecule has 1 fully saturated rings. The number of carbonyl (C=O) groups is 1. The van der Waals surface area contributed by atoms with Gasteiger partial charge in [0.05, 0.1) is 11.3 Å². The molecule has 3 heterocycles. The van der Waals surface area contributed by atoms with Crippen LogP contribution in [0.2, 0.25) is 0 Å². The van der Waals surface area contributed by atoms with Gasteiger partial charge in [0, 0.05) is 62.5 Å². The van der Waals surface area contributed by atoms with Crippen molar-refractivity contribution in [3.8, 4) is 0 Å². The molecule has 6 heteroatoms. The maximum absolute atomic E-state index is 12.7. The van der Waals surface area contributed by atoms with Crippen molar-refractivity contribution in [3.63, 3.8) is 0 Å². The van der Waals surface area contributed by atoms with Crippen LogP contribution in [-0.2, 0) is 13.0 Å². The SMILES string of the molecule is CCc1ccc(N(Cc2cnccc2C)C2CCN(C(C)CCNC(=O)c3c(C)ccnc3C)CC2)cc1. The molecule has 1 atom stereocenters. The van der Waals surface area contributed by atoms with E-state index in [9.17, 15) is 4.79 Å². The second kappa shape index (κ2) is 13.0. The zero-order valence-electron chi connectivity index (χ0n) is 23.7. The Labute approximate surface area is 228 Å². The van der Waals surface area contributed by atoms with Crippen LogP contribution in [0.15, 0.2) is 55.0 Å². The third-order valence-electron chi connectivity index (χ3n) is 8.15. The molecule has 3 aromatic rings. The van der Waals surface area contributed by atoms with Crippen LogP contribution in [0.25, 0.3) is 0 Å². The quantitative estimate of drug-likeness (QED) is 0.380. The first-order valence-electron chi connectivity index (χ1n) is 14.1. The van der Waals surface area contributed by atoms with Crippen LogP contribution in [0.5, 0.6) is 0 Å².